The Hall–Kier alpha value is -1.40. The molecule has 1 aliphatic heterocycles. The Morgan fingerprint density at radius 2 is 2.08 bits per heavy atom. The number of hydrogen-bond donors (Lipinski definition) is 0. The Labute approximate surface area is 144 Å². The van der Waals surface area contributed by atoms with Crippen LogP contribution in [-0.4, -0.2) is 37.9 Å². The SMILES string of the molecule is COC1C=CC(C)(S(=O)(=O)N2CCCc3ncccc32)CC1(C)C. The second-order valence-electron chi connectivity index (χ2n) is 7.64. The summed E-state index contributed by atoms with van der Waals surface area (Å²) in [6.45, 7) is 6.45. The molecule has 2 atom stereocenters. The van der Waals surface area contributed by atoms with E-state index in [9.17, 15) is 8.42 Å². The molecule has 1 aromatic rings. The largest absolute Gasteiger partial charge is 0.377 e. The molecular weight excluding hydrogens is 324 g/mol. The predicted molar refractivity (Wildman–Crippen MR) is 95.6 cm³/mol. The van der Waals surface area contributed by atoms with E-state index in [4.69, 9.17) is 4.74 Å². The van der Waals surface area contributed by atoms with Crippen molar-refractivity contribution in [2.45, 2.75) is 50.9 Å². The molecule has 0 saturated heterocycles. The second kappa shape index (κ2) is 5.85. The molecule has 3 rings (SSSR count). The van der Waals surface area contributed by atoms with Gasteiger partial charge in [0.15, 0.2) is 0 Å². The molecule has 0 amide bonds. The maximum Gasteiger partial charge on any atom is 0.244 e. The maximum atomic E-state index is 13.5. The molecule has 0 radical (unpaired) electrons. The van der Waals surface area contributed by atoms with Crippen LogP contribution in [-0.2, 0) is 21.2 Å². The zero-order valence-corrected chi connectivity index (χ0v) is 15.6. The third-order valence-electron chi connectivity index (χ3n) is 5.24. The lowest BCUT2D eigenvalue weighted by molar-refractivity contribution is 0.0273. The number of methoxy groups -OCH3 is 1. The summed E-state index contributed by atoms with van der Waals surface area (Å²) in [4.78, 5) is 4.36. The van der Waals surface area contributed by atoms with Gasteiger partial charge in [-0.1, -0.05) is 26.0 Å². The molecule has 0 bridgehead atoms. The van der Waals surface area contributed by atoms with Gasteiger partial charge in [-0.05, 0) is 43.7 Å². The molecule has 5 nitrogen and oxygen atoms in total. The van der Waals surface area contributed by atoms with Gasteiger partial charge < -0.3 is 4.74 Å². The van der Waals surface area contributed by atoms with Crippen molar-refractivity contribution >= 4 is 15.7 Å². The van der Waals surface area contributed by atoms with Gasteiger partial charge in [-0.2, -0.15) is 0 Å². The van der Waals surface area contributed by atoms with Gasteiger partial charge in [-0.25, -0.2) is 8.42 Å². The van der Waals surface area contributed by atoms with Crippen LogP contribution in [0, 0.1) is 5.41 Å². The fraction of sp³-hybridized carbons (Fsp3) is 0.611. The van der Waals surface area contributed by atoms with Crippen molar-refractivity contribution in [2.75, 3.05) is 18.0 Å². The molecule has 0 N–H and O–H groups in total. The first kappa shape index (κ1) is 17.4. The zero-order valence-electron chi connectivity index (χ0n) is 14.8. The van der Waals surface area contributed by atoms with Gasteiger partial charge in [0.25, 0.3) is 0 Å². The highest BCUT2D eigenvalue weighted by atomic mass is 32.2. The molecule has 0 spiro atoms. The van der Waals surface area contributed by atoms with Gasteiger partial charge in [0.1, 0.15) is 4.75 Å². The smallest absolute Gasteiger partial charge is 0.244 e. The molecule has 0 aromatic carbocycles. The number of sulfonamides is 1. The van der Waals surface area contributed by atoms with Crippen LogP contribution in [0.3, 0.4) is 0 Å². The number of pyridine rings is 1. The zero-order chi connectivity index (χ0) is 17.6. The predicted octanol–water partition coefficient (Wildman–Crippen LogP) is 2.92. The second-order valence-corrected chi connectivity index (χ2v) is 9.97. The van der Waals surface area contributed by atoms with Gasteiger partial charge in [0.05, 0.1) is 17.5 Å². The number of aryl methyl sites for hydroxylation is 1. The number of rotatable bonds is 3. The van der Waals surface area contributed by atoms with Gasteiger partial charge >= 0.3 is 0 Å². The Morgan fingerprint density at radius 3 is 2.75 bits per heavy atom. The third kappa shape index (κ3) is 2.65. The number of fused-ring (bicyclic) bond motifs is 1. The number of ether oxygens (including phenoxy) is 1. The molecule has 1 aromatic heterocycles. The van der Waals surface area contributed by atoms with E-state index in [-0.39, 0.29) is 11.5 Å². The van der Waals surface area contributed by atoms with Crippen molar-refractivity contribution in [1.82, 2.24) is 4.98 Å². The molecule has 6 heteroatoms. The fourth-order valence-corrected chi connectivity index (χ4v) is 6.15. The standard InChI is InChI=1S/C18H26N2O3S/c1-17(2)13-18(3,10-9-16(17)23-4)24(21,22)20-12-6-7-14-15(20)8-5-11-19-14/h5,8-11,16H,6-7,12-13H2,1-4H3. The molecule has 2 heterocycles. The Morgan fingerprint density at radius 1 is 1.33 bits per heavy atom. The van der Waals surface area contributed by atoms with Gasteiger partial charge in [0, 0.05) is 19.9 Å². The van der Waals surface area contributed by atoms with Crippen molar-refractivity contribution in [3.05, 3.63) is 36.2 Å². The average Bonchev–Trinajstić information content (AvgIpc) is 2.53. The number of hydrogen-bond acceptors (Lipinski definition) is 4. The summed E-state index contributed by atoms with van der Waals surface area (Å²) in [7, 11) is -1.88. The van der Waals surface area contributed by atoms with E-state index < -0.39 is 14.8 Å². The van der Waals surface area contributed by atoms with Crippen LogP contribution < -0.4 is 4.31 Å². The van der Waals surface area contributed by atoms with Crippen molar-refractivity contribution in [3.63, 3.8) is 0 Å². The van der Waals surface area contributed by atoms with Crippen LogP contribution in [0.25, 0.3) is 0 Å². The number of anilines is 1. The molecule has 132 valence electrons. The summed E-state index contributed by atoms with van der Waals surface area (Å²) in [5.41, 5.74) is 1.34. The molecular formula is C18H26N2O3S. The lowest BCUT2D eigenvalue weighted by Crippen LogP contribution is -2.52. The molecule has 2 aliphatic rings. The minimum absolute atomic E-state index is 0.0731. The van der Waals surface area contributed by atoms with E-state index in [1.54, 1.807) is 23.7 Å². The lowest BCUT2D eigenvalue weighted by Gasteiger charge is -2.45. The van der Waals surface area contributed by atoms with Crippen molar-refractivity contribution in [2.24, 2.45) is 5.41 Å². The van der Waals surface area contributed by atoms with Crippen molar-refractivity contribution < 1.29 is 13.2 Å². The van der Waals surface area contributed by atoms with E-state index in [2.05, 4.69) is 18.8 Å². The minimum Gasteiger partial charge on any atom is -0.377 e. The Kier molecular flexibility index (Phi) is 4.24. The fourth-order valence-electron chi connectivity index (χ4n) is 4.05. The summed E-state index contributed by atoms with van der Waals surface area (Å²) in [6.07, 6.45) is 7.50. The van der Waals surface area contributed by atoms with E-state index in [0.717, 1.165) is 24.2 Å². The lowest BCUT2D eigenvalue weighted by atomic mass is 9.74. The molecule has 0 saturated carbocycles. The summed E-state index contributed by atoms with van der Waals surface area (Å²) < 4.78 is 33.2. The third-order valence-corrected chi connectivity index (χ3v) is 7.66. The quantitative estimate of drug-likeness (QED) is 0.787. The number of nitrogens with zero attached hydrogens (tertiary/aromatic N) is 2. The van der Waals surface area contributed by atoms with Crippen molar-refractivity contribution in [1.29, 1.82) is 0 Å². The van der Waals surface area contributed by atoms with Crippen LogP contribution in [0.1, 0.15) is 39.3 Å². The Bertz CT molecular complexity index is 757. The van der Waals surface area contributed by atoms with E-state index in [0.29, 0.717) is 13.0 Å². The highest BCUT2D eigenvalue weighted by Crippen LogP contribution is 2.44. The first-order valence-electron chi connectivity index (χ1n) is 8.40. The summed E-state index contributed by atoms with van der Waals surface area (Å²) >= 11 is 0. The first-order valence-corrected chi connectivity index (χ1v) is 9.84. The molecule has 0 fully saturated rings. The minimum atomic E-state index is -3.55. The molecule has 2 unspecified atom stereocenters. The first-order chi connectivity index (χ1) is 11.2. The van der Waals surface area contributed by atoms with Gasteiger partial charge in [0.2, 0.25) is 10.0 Å². The van der Waals surface area contributed by atoms with Gasteiger partial charge in [-0.15, -0.1) is 0 Å². The normalized spacial score (nSPS) is 29.3. The van der Waals surface area contributed by atoms with Crippen LogP contribution in [0.15, 0.2) is 30.5 Å². The topological polar surface area (TPSA) is 59.5 Å². The van der Waals surface area contributed by atoms with Crippen molar-refractivity contribution in [3.8, 4) is 0 Å². The van der Waals surface area contributed by atoms with E-state index in [1.165, 1.54) is 0 Å². The molecule has 24 heavy (non-hydrogen) atoms. The maximum absolute atomic E-state index is 13.5. The average molecular weight is 350 g/mol. The summed E-state index contributed by atoms with van der Waals surface area (Å²) in [5.74, 6) is 0. The summed E-state index contributed by atoms with van der Waals surface area (Å²) in [6, 6.07) is 3.66. The molecule has 1 aliphatic carbocycles. The summed E-state index contributed by atoms with van der Waals surface area (Å²) in [5, 5.41) is 0. The highest BCUT2D eigenvalue weighted by Gasteiger charge is 2.50. The van der Waals surface area contributed by atoms with E-state index in [1.807, 2.05) is 25.1 Å². The Balaban J connectivity index is 2.03. The van der Waals surface area contributed by atoms with Crippen LogP contribution >= 0.6 is 0 Å². The van der Waals surface area contributed by atoms with Gasteiger partial charge in [-0.3, -0.25) is 9.29 Å². The van der Waals surface area contributed by atoms with Crippen LogP contribution in [0.5, 0.6) is 0 Å². The number of aromatic nitrogens is 1. The highest BCUT2D eigenvalue weighted by molar-refractivity contribution is 7.94. The van der Waals surface area contributed by atoms with E-state index >= 15 is 0 Å². The van der Waals surface area contributed by atoms with Crippen LogP contribution in [0.2, 0.25) is 0 Å². The van der Waals surface area contributed by atoms with Crippen LogP contribution in [0.4, 0.5) is 5.69 Å². The monoisotopic (exact) mass is 350 g/mol.